The Morgan fingerprint density at radius 2 is 1.95 bits per heavy atom. The summed E-state index contributed by atoms with van der Waals surface area (Å²) in [7, 11) is -3.41. The normalized spacial score (nSPS) is 19.5. The van der Waals surface area contributed by atoms with Crippen LogP contribution in [0.4, 0.5) is 0 Å². The molecule has 19 heavy (non-hydrogen) atoms. The van der Waals surface area contributed by atoms with E-state index in [1.807, 2.05) is 18.2 Å². The number of benzene rings is 1. The predicted molar refractivity (Wildman–Crippen MR) is 76.3 cm³/mol. The zero-order chi connectivity index (χ0) is 13.7. The average Bonchev–Trinajstić information content (AvgIpc) is 2.40. The first kappa shape index (κ1) is 14.2. The zero-order valence-electron chi connectivity index (χ0n) is 10.9. The highest BCUT2D eigenvalue weighted by Crippen LogP contribution is 2.16. The number of nitrogens with two attached hydrogens (primary N) is 1. The van der Waals surface area contributed by atoms with Crippen LogP contribution in [0.1, 0.15) is 24.8 Å². The second kappa shape index (κ2) is 6.32. The summed E-state index contributed by atoms with van der Waals surface area (Å²) in [5, 5.41) is 0. The molecule has 0 aromatic heterocycles. The molecule has 1 atom stereocenters. The predicted octanol–water partition coefficient (Wildman–Crippen LogP) is 1.57. The van der Waals surface area contributed by atoms with E-state index < -0.39 is 10.0 Å². The maximum absolute atomic E-state index is 12.2. The maximum Gasteiger partial charge on any atom is 0.240 e. The van der Waals surface area contributed by atoms with Gasteiger partial charge in [0.05, 0.1) is 4.90 Å². The van der Waals surface area contributed by atoms with Crippen LogP contribution < -0.4 is 10.5 Å². The fraction of sp³-hybridized carbons (Fsp3) is 0.429. The van der Waals surface area contributed by atoms with Gasteiger partial charge in [0.25, 0.3) is 0 Å². The van der Waals surface area contributed by atoms with Gasteiger partial charge in [-0.3, -0.25) is 0 Å². The van der Waals surface area contributed by atoms with Crippen molar-refractivity contribution in [3.8, 4) is 0 Å². The Morgan fingerprint density at radius 1 is 1.21 bits per heavy atom. The fourth-order valence-corrected chi connectivity index (χ4v) is 3.47. The lowest BCUT2D eigenvalue weighted by Gasteiger charge is -2.19. The summed E-state index contributed by atoms with van der Waals surface area (Å²) < 4.78 is 27.2. The Balaban J connectivity index is 2.08. The smallest absolute Gasteiger partial charge is 0.240 e. The highest BCUT2D eigenvalue weighted by molar-refractivity contribution is 7.89. The third-order valence-electron chi connectivity index (χ3n) is 3.26. The topological polar surface area (TPSA) is 72.2 Å². The van der Waals surface area contributed by atoms with Crippen molar-refractivity contribution >= 4 is 10.0 Å². The lowest BCUT2D eigenvalue weighted by molar-refractivity contribution is 0.522. The summed E-state index contributed by atoms with van der Waals surface area (Å²) in [6, 6.07) is 6.95. The van der Waals surface area contributed by atoms with Crippen LogP contribution in [-0.2, 0) is 16.4 Å². The van der Waals surface area contributed by atoms with Crippen molar-refractivity contribution in [3.05, 3.63) is 42.0 Å². The van der Waals surface area contributed by atoms with Crippen molar-refractivity contribution in [2.75, 3.05) is 6.54 Å². The van der Waals surface area contributed by atoms with Gasteiger partial charge in [0.15, 0.2) is 0 Å². The molecule has 3 N–H and O–H groups in total. The number of hydrogen-bond donors (Lipinski definition) is 2. The second-order valence-corrected chi connectivity index (χ2v) is 6.50. The summed E-state index contributed by atoms with van der Waals surface area (Å²) in [4.78, 5) is 0.322. The number of nitrogens with one attached hydrogen (secondary N) is 1. The summed E-state index contributed by atoms with van der Waals surface area (Å²) in [5.74, 6) is 0. The van der Waals surface area contributed by atoms with Gasteiger partial charge in [0.2, 0.25) is 10.0 Å². The first-order chi connectivity index (χ1) is 9.12. The molecule has 0 radical (unpaired) electrons. The van der Waals surface area contributed by atoms with Crippen LogP contribution in [0.2, 0.25) is 0 Å². The number of hydrogen-bond acceptors (Lipinski definition) is 3. The van der Waals surface area contributed by atoms with Crippen molar-refractivity contribution < 1.29 is 8.42 Å². The Bertz CT molecular complexity index is 535. The van der Waals surface area contributed by atoms with Crippen LogP contribution in [0, 0.1) is 0 Å². The van der Waals surface area contributed by atoms with Gasteiger partial charge in [0.1, 0.15) is 0 Å². The monoisotopic (exact) mass is 280 g/mol. The van der Waals surface area contributed by atoms with Gasteiger partial charge < -0.3 is 5.73 Å². The van der Waals surface area contributed by atoms with Crippen molar-refractivity contribution in [2.45, 2.75) is 36.6 Å². The largest absolute Gasteiger partial charge is 0.330 e. The van der Waals surface area contributed by atoms with Gasteiger partial charge in [-0.25, -0.2) is 13.1 Å². The van der Waals surface area contributed by atoms with Crippen molar-refractivity contribution in [2.24, 2.45) is 5.73 Å². The molecule has 4 nitrogen and oxygen atoms in total. The van der Waals surface area contributed by atoms with Crippen LogP contribution in [0.5, 0.6) is 0 Å². The molecule has 0 saturated carbocycles. The SMILES string of the molecule is NCCc1ccc(S(=O)(=O)NC2CC=CCC2)cc1. The number of allylic oxidation sites excluding steroid dienone is 1. The van der Waals surface area contributed by atoms with Crippen LogP contribution in [-0.4, -0.2) is 21.0 Å². The summed E-state index contributed by atoms with van der Waals surface area (Å²) in [5.41, 5.74) is 6.53. The Morgan fingerprint density at radius 3 is 2.53 bits per heavy atom. The van der Waals surface area contributed by atoms with Gasteiger partial charge in [-0.05, 0) is 49.9 Å². The van der Waals surface area contributed by atoms with E-state index in [4.69, 9.17) is 5.73 Å². The highest BCUT2D eigenvalue weighted by atomic mass is 32.2. The molecule has 5 heteroatoms. The Kier molecular flexibility index (Phi) is 4.74. The van der Waals surface area contributed by atoms with E-state index in [0.717, 1.165) is 31.2 Å². The van der Waals surface area contributed by atoms with Crippen LogP contribution in [0.25, 0.3) is 0 Å². The van der Waals surface area contributed by atoms with Crippen molar-refractivity contribution in [3.63, 3.8) is 0 Å². The van der Waals surface area contributed by atoms with Gasteiger partial charge in [-0.2, -0.15) is 0 Å². The quantitative estimate of drug-likeness (QED) is 0.804. The second-order valence-electron chi connectivity index (χ2n) is 4.79. The summed E-state index contributed by atoms with van der Waals surface area (Å²) >= 11 is 0. The summed E-state index contributed by atoms with van der Waals surface area (Å²) in [6.45, 7) is 0.568. The van der Waals surface area contributed by atoms with E-state index in [2.05, 4.69) is 10.8 Å². The number of rotatable bonds is 5. The van der Waals surface area contributed by atoms with E-state index in [1.165, 1.54) is 0 Å². The zero-order valence-corrected chi connectivity index (χ0v) is 11.7. The highest BCUT2D eigenvalue weighted by Gasteiger charge is 2.19. The van der Waals surface area contributed by atoms with Gasteiger partial charge in [0, 0.05) is 6.04 Å². The van der Waals surface area contributed by atoms with E-state index >= 15 is 0 Å². The molecule has 0 fully saturated rings. The van der Waals surface area contributed by atoms with Gasteiger partial charge in [-0.1, -0.05) is 24.3 Å². The molecule has 1 aromatic rings. The molecule has 0 aliphatic heterocycles. The van der Waals surface area contributed by atoms with Crippen molar-refractivity contribution in [1.82, 2.24) is 4.72 Å². The molecule has 0 saturated heterocycles. The summed E-state index contributed by atoms with van der Waals surface area (Å²) in [6.07, 6.45) is 7.45. The number of sulfonamides is 1. The van der Waals surface area contributed by atoms with Gasteiger partial charge in [-0.15, -0.1) is 0 Å². The molecule has 2 rings (SSSR count). The first-order valence-electron chi connectivity index (χ1n) is 6.58. The molecule has 104 valence electrons. The van der Waals surface area contributed by atoms with Crippen LogP contribution >= 0.6 is 0 Å². The van der Waals surface area contributed by atoms with Crippen LogP contribution in [0.15, 0.2) is 41.3 Å². The van der Waals surface area contributed by atoms with E-state index in [-0.39, 0.29) is 6.04 Å². The van der Waals surface area contributed by atoms with E-state index in [0.29, 0.717) is 11.4 Å². The molecule has 0 spiro atoms. The third kappa shape index (κ3) is 3.89. The van der Waals surface area contributed by atoms with E-state index in [9.17, 15) is 8.42 Å². The Labute approximate surface area is 114 Å². The minimum Gasteiger partial charge on any atom is -0.330 e. The van der Waals surface area contributed by atoms with Crippen molar-refractivity contribution in [1.29, 1.82) is 0 Å². The lowest BCUT2D eigenvalue weighted by atomic mass is 10.0. The standard InChI is InChI=1S/C14H20N2O2S/c15-11-10-12-6-8-14(9-7-12)19(17,18)16-13-4-2-1-3-5-13/h1-2,6-9,13,16H,3-5,10-11,15H2. The molecular formula is C14H20N2O2S. The molecule has 1 aliphatic rings. The third-order valence-corrected chi connectivity index (χ3v) is 4.79. The van der Waals surface area contributed by atoms with Gasteiger partial charge >= 0.3 is 0 Å². The molecule has 0 amide bonds. The fourth-order valence-electron chi connectivity index (χ4n) is 2.19. The molecule has 1 aliphatic carbocycles. The molecule has 1 aromatic carbocycles. The lowest BCUT2D eigenvalue weighted by Crippen LogP contribution is -2.35. The molecule has 0 bridgehead atoms. The van der Waals surface area contributed by atoms with E-state index in [1.54, 1.807) is 12.1 Å². The molecular weight excluding hydrogens is 260 g/mol. The van der Waals surface area contributed by atoms with Crippen LogP contribution in [0.3, 0.4) is 0 Å². The maximum atomic E-state index is 12.2. The molecule has 0 heterocycles. The minimum absolute atomic E-state index is 0.0127. The minimum atomic E-state index is -3.41. The first-order valence-corrected chi connectivity index (χ1v) is 8.06. The molecule has 1 unspecified atom stereocenters. The Hall–Kier alpha value is -1.17. The average molecular weight is 280 g/mol.